The van der Waals surface area contributed by atoms with E-state index in [1.165, 1.54) is 0 Å². The van der Waals surface area contributed by atoms with E-state index in [1.807, 2.05) is 48.0 Å². The first-order chi connectivity index (χ1) is 11.7. The van der Waals surface area contributed by atoms with Gasteiger partial charge in [-0.05, 0) is 36.3 Å². The van der Waals surface area contributed by atoms with E-state index in [9.17, 15) is 9.90 Å². The molecule has 0 saturated heterocycles. The SMILES string of the molecule is O=C(Cn1cc2ccccc2n1)N[C@@H](c1cccs1)C1CC(O)C1. The zero-order valence-corrected chi connectivity index (χ0v) is 13.9. The Kier molecular flexibility index (Phi) is 4.08. The predicted octanol–water partition coefficient (Wildman–Crippen LogP) is 2.73. The fourth-order valence-corrected chi connectivity index (χ4v) is 4.12. The monoisotopic (exact) mass is 341 g/mol. The third kappa shape index (κ3) is 3.07. The Hall–Kier alpha value is -2.18. The van der Waals surface area contributed by atoms with Crippen molar-refractivity contribution >= 4 is 28.1 Å². The molecule has 4 rings (SSSR count). The van der Waals surface area contributed by atoms with Gasteiger partial charge in [0.05, 0.1) is 17.7 Å². The van der Waals surface area contributed by atoms with Crippen LogP contribution in [0, 0.1) is 5.92 Å². The molecule has 3 aromatic rings. The van der Waals surface area contributed by atoms with Crippen LogP contribution in [0.1, 0.15) is 23.8 Å². The van der Waals surface area contributed by atoms with Crippen molar-refractivity contribution in [3.8, 4) is 0 Å². The van der Waals surface area contributed by atoms with Gasteiger partial charge in [-0.15, -0.1) is 11.3 Å². The molecule has 0 aliphatic heterocycles. The number of fused-ring (bicyclic) bond motifs is 1. The van der Waals surface area contributed by atoms with Crippen molar-refractivity contribution in [3.63, 3.8) is 0 Å². The minimum Gasteiger partial charge on any atom is -0.393 e. The number of aliphatic hydroxyl groups is 1. The third-order valence-corrected chi connectivity index (χ3v) is 5.51. The molecule has 0 spiro atoms. The van der Waals surface area contributed by atoms with Crippen molar-refractivity contribution in [2.75, 3.05) is 0 Å². The molecule has 1 aliphatic carbocycles. The second-order valence-corrected chi connectivity index (χ2v) is 7.31. The van der Waals surface area contributed by atoms with Crippen molar-refractivity contribution in [2.24, 2.45) is 5.92 Å². The first-order valence-corrected chi connectivity index (χ1v) is 9.00. The summed E-state index contributed by atoms with van der Waals surface area (Å²) in [6, 6.07) is 11.8. The molecule has 0 radical (unpaired) electrons. The highest BCUT2D eigenvalue weighted by Gasteiger charge is 2.36. The molecular weight excluding hydrogens is 322 g/mol. The van der Waals surface area contributed by atoms with Gasteiger partial charge in [0.2, 0.25) is 5.91 Å². The van der Waals surface area contributed by atoms with Gasteiger partial charge in [0.15, 0.2) is 0 Å². The van der Waals surface area contributed by atoms with Crippen LogP contribution in [0.4, 0.5) is 0 Å². The number of nitrogens with one attached hydrogen (secondary N) is 1. The number of carbonyl (C=O) groups is 1. The van der Waals surface area contributed by atoms with Crippen LogP contribution in [0.15, 0.2) is 48.0 Å². The molecule has 5 nitrogen and oxygen atoms in total. The van der Waals surface area contributed by atoms with E-state index in [1.54, 1.807) is 16.0 Å². The van der Waals surface area contributed by atoms with E-state index in [-0.39, 0.29) is 24.6 Å². The van der Waals surface area contributed by atoms with Crippen LogP contribution in [0.2, 0.25) is 0 Å². The summed E-state index contributed by atoms with van der Waals surface area (Å²) in [6.07, 6.45) is 3.15. The van der Waals surface area contributed by atoms with Gasteiger partial charge < -0.3 is 10.4 Å². The van der Waals surface area contributed by atoms with E-state index < -0.39 is 0 Å². The Labute approximate surface area is 143 Å². The Morgan fingerprint density at radius 1 is 1.33 bits per heavy atom. The first-order valence-electron chi connectivity index (χ1n) is 8.12. The lowest BCUT2D eigenvalue weighted by atomic mass is 9.77. The minimum absolute atomic E-state index is 0.0223. The minimum atomic E-state index is -0.231. The van der Waals surface area contributed by atoms with Crippen molar-refractivity contribution in [3.05, 3.63) is 52.9 Å². The highest BCUT2D eigenvalue weighted by molar-refractivity contribution is 7.10. The number of rotatable bonds is 5. The Morgan fingerprint density at radius 2 is 2.17 bits per heavy atom. The van der Waals surface area contributed by atoms with Gasteiger partial charge in [-0.25, -0.2) is 0 Å². The fourth-order valence-electron chi connectivity index (χ4n) is 3.25. The molecule has 1 aromatic carbocycles. The molecule has 1 fully saturated rings. The lowest BCUT2D eigenvalue weighted by Gasteiger charge is -2.37. The second kappa shape index (κ2) is 6.37. The van der Waals surface area contributed by atoms with E-state index >= 15 is 0 Å². The summed E-state index contributed by atoms with van der Waals surface area (Å²) in [7, 11) is 0. The van der Waals surface area contributed by atoms with Crippen molar-refractivity contribution < 1.29 is 9.90 Å². The Morgan fingerprint density at radius 3 is 2.88 bits per heavy atom. The van der Waals surface area contributed by atoms with Gasteiger partial charge in [0.25, 0.3) is 0 Å². The van der Waals surface area contributed by atoms with Gasteiger partial charge in [-0.3, -0.25) is 9.48 Å². The number of aliphatic hydroxyl groups excluding tert-OH is 1. The van der Waals surface area contributed by atoms with Gasteiger partial charge in [0, 0.05) is 16.5 Å². The van der Waals surface area contributed by atoms with Crippen LogP contribution in [0.5, 0.6) is 0 Å². The number of thiophene rings is 1. The maximum absolute atomic E-state index is 12.5. The highest BCUT2D eigenvalue weighted by Crippen LogP contribution is 2.39. The molecule has 124 valence electrons. The number of hydrogen-bond acceptors (Lipinski definition) is 4. The van der Waals surface area contributed by atoms with Crippen LogP contribution in [0.3, 0.4) is 0 Å². The lowest BCUT2D eigenvalue weighted by Crippen LogP contribution is -2.42. The maximum atomic E-state index is 12.5. The van der Waals surface area contributed by atoms with Crippen molar-refractivity contribution in [1.29, 1.82) is 0 Å². The molecular formula is C18H19N3O2S. The Balaban J connectivity index is 1.46. The number of carbonyl (C=O) groups excluding carboxylic acids is 1. The lowest BCUT2D eigenvalue weighted by molar-refractivity contribution is -0.123. The fraction of sp³-hybridized carbons (Fsp3) is 0.333. The van der Waals surface area contributed by atoms with E-state index in [0.717, 1.165) is 28.6 Å². The molecule has 2 N–H and O–H groups in total. The van der Waals surface area contributed by atoms with E-state index in [2.05, 4.69) is 10.4 Å². The summed E-state index contributed by atoms with van der Waals surface area (Å²) in [6.45, 7) is 0.200. The van der Waals surface area contributed by atoms with Crippen LogP contribution in [-0.2, 0) is 11.3 Å². The van der Waals surface area contributed by atoms with Gasteiger partial charge in [0.1, 0.15) is 6.54 Å². The topological polar surface area (TPSA) is 67.2 Å². The molecule has 24 heavy (non-hydrogen) atoms. The molecule has 1 atom stereocenters. The second-order valence-electron chi connectivity index (χ2n) is 6.33. The molecule has 0 bridgehead atoms. The number of aromatic nitrogens is 2. The van der Waals surface area contributed by atoms with Crippen LogP contribution >= 0.6 is 11.3 Å². The largest absolute Gasteiger partial charge is 0.393 e. The number of benzene rings is 1. The standard InChI is InChI=1S/C18H19N3O2S/c22-14-8-13(9-14)18(16-6-3-7-24-16)19-17(23)11-21-10-12-4-1-2-5-15(12)20-21/h1-7,10,13-14,18,22H,8-9,11H2,(H,19,23)/t13?,14?,18-/m1/s1. The molecule has 1 amide bonds. The number of nitrogens with zero attached hydrogens (tertiary/aromatic N) is 2. The average Bonchev–Trinajstić information content (AvgIpc) is 3.18. The Bertz CT molecular complexity index is 804. The maximum Gasteiger partial charge on any atom is 0.242 e. The van der Waals surface area contributed by atoms with Crippen LogP contribution in [-0.4, -0.2) is 26.9 Å². The number of amides is 1. The van der Waals surface area contributed by atoms with E-state index in [4.69, 9.17) is 0 Å². The zero-order chi connectivity index (χ0) is 16.5. The highest BCUT2D eigenvalue weighted by atomic mass is 32.1. The molecule has 1 aliphatic rings. The molecule has 0 unspecified atom stereocenters. The van der Waals surface area contributed by atoms with Crippen molar-refractivity contribution in [2.45, 2.75) is 31.5 Å². The molecule has 6 heteroatoms. The summed E-state index contributed by atoms with van der Waals surface area (Å²) in [5.41, 5.74) is 0.891. The summed E-state index contributed by atoms with van der Waals surface area (Å²) in [4.78, 5) is 13.6. The van der Waals surface area contributed by atoms with Crippen molar-refractivity contribution in [1.82, 2.24) is 15.1 Å². The summed E-state index contributed by atoms with van der Waals surface area (Å²) in [5, 5.41) is 20.2. The summed E-state index contributed by atoms with van der Waals surface area (Å²) in [5.74, 6) is 0.252. The average molecular weight is 341 g/mol. The van der Waals surface area contributed by atoms with Crippen LogP contribution < -0.4 is 5.32 Å². The number of hydrogen-bond donors (Lipinski definition) is 2. The molecule has 2 aromatic heterocycles. The van der Waals surface area contributed by atoms with Gasteiger partial charge >= 0.3 is 0 Å². The normalized spacial score (nSPS) is 21.4. The van der Waals surface area contributed by atoms with Crippen LogP contribution in [0.25, 0.3) is 10.9 Å². The quantitative estimate of drug-likeness (QED) is 0.750. The van der Waals surface area contributed by atoms with Gasteiger partial charge in [-0.1, -0.05) is 24.3 Å². The summed E-state index contributed by atoms with van der Waals surface area (Å²) >= 11 is 1.64. The molecule has 1 saturated carbocycles. The first kappa shape index (κ1) is 15.4. The van der Waals surface area contributed by atoms with E-state index in [0.29, 0.717) is 5.92 Å². The zero-order valence-electron chi connectivity index (χ0n) is 13.1. The van der Waals surface area contributed by atoms with Gasteiger partial charge in [-0.2, -0.15) is 5.10 Å². The third-order valence-electron chi connectivity index (χ3n) is 4.55. The summed E-state index contributed by atoms with van der Waals surface area (Å²) < 4.78 is 1.68. The predicted molar refractivity (Wildman–Crippen MR) is 93.7 cm³/mol. The smallest absolute Gasteiger partial charge is 0.242 e. The molecule has 2 heterocycles.